The van der Waals surface area contributed by atoms with Gasteiger partial charge < -0.3 is 5.73 Å². The Hall–Kier alpha value is -0.190. The van der Waals surface area contributed by atoms with Crippen molar-refractivity contribution in [1.82, 2.24) is 0 Å². The minimum Gasteiger partial charge on any atom is -0.398 e. The van der Waals surface area contributed by atoms with Crippen LogP contribution in [-0.4, -0.2) is 6.26 Å². The van der Waals surface area contributed by atoms with E-state index < -0.39 is 0 Å². The van der Waals surface area contributed by atoms with Crippen molar-refractivity contribution < 1.29 is 0 Å². The third-order valence-electron chi connectivity index (χ3n) is 1.81. The molecule has 0 spiro atoms. The van der Waals surface area contributed by atoms with Crippen molar-refractivity contribution in [2.45, 2.75) is 4.21 Å². The Bertz CT molecular complexity index is 411. The zero-order chi connectivity index (χ0) is 9.42. The van der Waals surface area contributed by atoms with Gasteiger partial charge in [-0.25, -0.2) is 0 Å². The van der Waals surface area contributed by atoms with Crippen LogP contribution in [0.1, 0.15) is 0 Å². The first kappa shape index (κ1) is 9.37. The third kappa shape index (κ3) is 1.71. The summed E-state index contributed by atoms with van der Waals surface area (Å²) in [5, 5.41) is 1.23. The average Bonchev–Trinajstić information content (AvgIpc) is 2.48. The number of hydrogen-bond donors (Lipinski definition) is 1. The van der Waals surface area contributed by atoms with Gasteiger partial charge in [0.05, 0.1) is 4.21 Å². The zero-order valence-corrected chi connectivity index (χ0v) is 10.2. The Morgan fingerprint density at radius 1 is 1.38 bits per heavy atom. The number of halogens is 1. The van der Waals surface area contributed by atoms with Gasteiger partial charge in [0, 0.05) is 14.9 Å². The molecule has 1 aromatic heterocycles. The SMILES string of the molecule is CSc1cc2cc(N)c(Br)cc2s1. The van der Waals surface area contributed by atoms with Crippen molar-refractivity contribution in [3.63, 3.8) is 0 Å². The van der Waals surface area contributed by atoms with E-state index in [0.717, 1.165) is 10.2 Å². The highest BCUT2D eigenvalue weighted by atomic mass is 79.9. The molecule has 0 aliphatic rings. The largest absolute Gasteiger partial charge is 0.398 e. The van der Waals surface area contributed by atoms with Gasteiger partial charge in [-0.15, -0.1) is 23.1 Å². The Labute approximate surface area is 93.4 Å². The van der Waals surface area contributed by atoms with Gasteiger partial charge in [0.25, 0.3) is 0 Å². The number of rotatable bonds is 1. The first-order chi connectivity index (χ1) is 6.20. The van der Waals surface area contributed by atoms with Crippen LogP contribution in [0.5, 0.6) is 0 Å². The van der Waals surface area contributed by atoms with Crippen molar-refractivity contribution >= 4 is 54.8 Å². The van der Waals surface area contributed by atoms with Crippen LogP contribution in [0.15, 0.2) is 26.9 Å². The number of anilines is 1. The monoisotopic (exact) mass is 273 g/mol. The van der Waals surface area contributed by atoms with Gasteiger partial charge in [0.15, 0.2) is 0 Å². The Kier molecular flexibility index (Phi) is 2.53. The zero-order valence-electron chi connectivity index (χ0n) is 7.00. The molecule has 2 N–H and O–H groups in total. The second-order valence-corrected chi connectivity index (χ2v) is 5.73. The molecule has 1 aromatic carbocycles. The second kappa shape index (κ2) is 3.52. The van der Waals surface area contributed by atoms with Crippen LogP contribution in [0.3, 0.4) is 0 Å². The Morgan fingerprint density at radius 3 is 2.85 bits per heavy atom. The smallest absolute Gasteiger partial charge is 0.0608 e. The van der Waals surface area contributed by atoms with Crippen LogP contribution >= 0.6 is 39.0 Å². The fraction of sp³-hybridized carbons (Fsp3) is 0.111. The summed E-state index contributed by atoms with van der Waals surface area (Å²) in [6, 6.07) is 6.26. The van der Waals surface area contributed by atoms with Gasteiger partial charge >= 0.3 is 0 Å². The normalized spacial score (nSPS) is 10.9. The van der Waals surface area contributed by atoms with Crippen molar-refractivity contribution in [1.29, 1.82) is 0 Å². The lowest BCUT2D eigenvalue weighted by molar-refractivity contribution is 1.70. The summed E-state index contributed by atoms with van der Waals surface area (Å²) in [5.41, 5.74) is 6.59. The number of thiophene rings is 1. The average molecular weight is 274 g/mol. The minimum absolute atomic E-state index is 0.804. The standard InChI is InChI=1S/C9H8BrNS2/c1-12-9-3-5-2-7(11)6(10)4-8(5)13-9/h2-4H,11H2,1H3. The van der Waals surface area contributed by atoms with Crippen LogP contribution in [0, 0.1) is 0 Å². The molecule has 0 saturated heterocycles. The van der Waals surface area contributed by atoms with Gasteiger partial charge in [-0.3, -0.25) is 0 Å². The van der Waals surface area contributed by atoms with Crippen LogP contribution in [0.25, 0.3) is 10.1 Å². The summed E-state index contributed by atoms with van der Waals surface area (Å²) in [5.74, 6) is 0. The first-order valence-corrected chi connectivity index (χ1v) is 6.56. The minimum atomic E-state index is 0.804. The van der Waals surface area contributed by atoms with Gasteiger partial charge in [-0.1, -0.05) is 0 Å². The lowest BCUT2D eigenvalue weighted by Crippen LogP contribution is -1.84. The van der Waals surface area contributed by atoms with Crippen molar-refractivity contribution in [3.8, 4) is 0 Å². The molecule has 2 rings (SSSR count). The molecule has 0 aliphatic carbocycles. The maximum Gasteiger partial charge on any atom is 0.0608 e. The second-order valence-electron chi connectivity index (χ2n) is 2.68. The van der Waals surface area contributed by atoms with Crippen LogP contribution in [0.2, 0.25) is 0 Å². The third-order valence-corrected chi connectivity index (χ3v) is 4.66. The van der Waals surface area contributed by atoms with Crippen LogP contribution < -0.4 is 5.73 Å². The molecule has 0 radical (unpaired) electrons. The lowest BCUT2D eigenvalue weighted by Gasteiger charge is -1.96. The molecule has 0 saturated carbocycles. The summed E-state index contributed by atoms with van der Waals surface area (Å²) >= 11 is 6.99. The van der Waals surface area contributed by atoms with Crippen molar-refractivity contribution in [2.75, 3.05) is 12.0 Å². The summed E-state index contributed by atoms with van der Waals surface area (Å²) in [6.07, 6.45) is 2.09. The van der Waals surface area contributed by atoms with E-state index in [2.05, 4.69) is 34.3 Å². The van der Waals surface area contributed by atoms with E-state index in [-0.39, 0.29) is 0 Å². The van der Waals surface area contributed by atoms with Crippen LogP contribution in [-0.2, 0) is 0 Å². The number of hydrogen-bond acceptors (Lipinski definition) is 3. The van der Waals surface area contributed by atoms with Gasteiger partial charge in [0.1, 0.15) is 0 Å². The van der Waals surface area contributed by atoms with E-state index >= 15 is 0 Å². The van der Waals surface area contributed by atoms with Gasteiger partial charge in [-0.05, 0) is 45.8 Å². The predicted octanol–water partition coefficient (Wildman–Crippen LogP) is 3.97. The quantitative estimate of drug-likeness (QED) is 0.629. The van der Waals surface area contributed by atoms with E-state index in [1.165, 1.54) is 14.3 Å². The van der Waals surface area contributed by atoms with Crippen molar-refractivity contribution in [3.05, 3.63) is 22.7 Å². The summed E-state index contributed by atoms with van der Waals surface area (Å²) < 4.78 is 3.59. The number of nitrogen functional groups attached to an aromatic ring is 1. The fourth-order valence-electron chi connectivity index (χ4n) is 1.16. The molecular formula is C9H8BrNS2. The maximum absolute atomic E-state index is 5.79. The van der Waals surface area contributed by atoms with Gasteiger partial charge in [-0.2, -0.15) is 0 Å². The Balaban J connectivity index is 2.70. The van der Waals surface area contributed by atoms with E-state index in [1.54, 1.807) is 23.1 Å². The highest BCUT2D eigenvalue weighted by Crippen LogP contribution is 2.35. The number of benzene rings is 1. The summed E-state index contributed by atoms with van der Waals surface area (Å²) in [7, 11) is 0. The molecule has 0 aliphatic heterocycles. The van der Waals surface area contributed by atoms with Crippen LogP contribution in [0.4, 0.5) is 5.69 Å². The Morgan fingerprint density at radius 2 is 2.15 bits per heavy atom. The molecule has 0 bridgehead atoms. The summed E-state index contributed by atoms with van der Waals surface area (Å²) in [4.78, 5) is 0. The molecule has 68 valence electrons. The van der Waals surface area contributed by atoms with E-state index in [0.29, 0.717) is 0 Å². The van der Waals surface area contributed by atoms with E-state index in [1.807, 2.05) is 6.07 Å². The molecule has 1 nitrogen and oxygen atoms in total. The molecule has 2 aromatic rings. The highest BCUT2D eigenvalue weighted by molar-refractivity contribution is 9.10. The lowest BCUT2D eigenvalue weighted by atomic mass is 10.2. The number of nitrogens with two attached hydrogens (primary N) is 1. The first-order valence-electron chi connectivity index (χ1n) is 3.73. The summed E-state index contributed by atoms with van der Waals surface area (Å²) in [6.45, 7) is 0. The molecule has 0 atom stereocenters. The molecular weight excluding hydrogens is 266 g/mol. The molecule has 0 unspecified atom stereocenters. The highest BCUT2D eigenvalue weighted by Gasteiger charge is 2.03. The van der Waals surface area contributed by atoms with Crippen molar-refractivity contribution in [2.24, 2.45) is 0 Å². The maximum atomic E-state index is 5.79. The fourth-order valence-corrected chi connectivity index (χ4v) is 3.31. The predicted molar refractivity (Wildman–Crippen MR) is 65.7 cm³/mol. The topological polar surface area (TPSA) is 26.0 Å². The molecule has 0 fully saturated rings. The number of fused-ring (bicyclic) bond motifs is 1. The molecule has 0 amide bonds. The molecule has 4 heteroatoms. The number of thioether (sulfide) groups is 1. The van der Waals surface area contributed by atoms with Gasteiger partial charge in [0.2, 0.25) is 0 Å². The van der Waals surface area contributed by atoms with E-state index in [9.17, 15) is 0 Å². The molecule has 1 heterocycles. The van der Waals surface area contributed by atoms with E-state index in [4.69, 9.17) is 5.73 Å². The molecule has 13 heavy (non-hydrogen) atoms.